The van der Waals surface area contributed by atoms with Gasteiger partial charge in [0.2, 0.25) is 0 Å². The average Bonchev–Trinajstić information content (AvgIpc) is 3.11. The van der Waals surface area contributed by atoms with Crippen LogP contribution >= 0.6 is 0 Å². The van der Waals surface area contributed by atoms with Crippen molar-refractivity contribution >= 4 is 5.91 Å². The summed E-state index contributed by atoms with van der Waals surface area (Å²) in [6, 6.07) is 8.44. The van der Waals surface area contributed by atoms with Gasteiger partial charge in [0.15, 0.2) is 0 Å². The molecule has 2 heteroatoms. The molecule has 0 aliphatic heterocycles. The highest BCUT2D eigenvalue weighted by Gasteiger charge is 2.23. The number of carbonyl (C=O) groups excluding carboxylic acids is 1. The zero-order valence-corrected chi connectivity index (χ0v) is 9.83. The molecule has 2 rings (SSSR count). The Morgan fingerprint density at radius 1 is 1.31 bits per heavy atom. The lowest BCUT2D eigenvalue weighted by molar-refractivity contribution is 0.0951. The third kappa shape index (κ3) is 3.09. The summed E-state index contributed by atoms with van der Waals surface area (Å²) in [6.07, 6.45) is 5.82. The minimum atomic E-state index is 0.0736. The number of aryl methyl sites for hydroxylation is 1. The Morgan fingerprint density at radius 3 is 2.56 bits per heavy atom. The van der Waals surface area contributed by atoms with Crippen molar-refractivity contribution in [3.05, 3.63) is 35.4 Å². The highest BCUT2D eigenvalue weighted by molar-refractivity contribution is 5.94. The highest BCUT2D eigenvalue weighted by atomic mass is 16.1. The lowest BCUT2D eigenvalue weighted by atomic mass is 10.1. The van der Waals surface area contributed by atoms with E-state index in [1.807, 2.05) is 12.1 Å². The van der Waals surface area contributed by atoms with E-state index in [1.54, 1.807) is 0 Å². The zero-order chi connectivity index (χ0) is 11.4. The Hall–Kier alpha value is -1.31. The van der Waals surface area contributed by atoms with Gasteiger partial charge in [-0.05, 0) is 43.4 Å². The fraction of sp³-hybridized carbons (Fsp3) is 0.500. The molecule has 1 aromatic rings. The zero-order valence-electron chi connectivity index (χ0n) is 9.83. The van der Waals surface area contributed by atoms with Crippen molar-refractivity contribution in [2.24, 2.45) is 0 Å². The molecule has 1 N–H and O–H groups in total. The lowest BCUT2D eigenvalue weighted by Crippen LogP contribution is -2.25. The van der Waals surface area contributed by atoms with E-state index in [4.69, 9.17) is 0 Å². The van der Waals surface area contributed by atoms with Crippen LogP contribution in [0.25, 0.3) is 0 Å². The van der Waals surface area contributed by atoms with Gasteiger partial charge in [-0.1, -0.05) is 25.5 Å². The summed E-state index contributed by atoms with van der Waals surface area (Å²) in [5.74, 6) is 0.0736. The van der Waals surface area contributed by atoms with E-state index in [2.05, 4.69) is 24.4 Å². The van der Waals surface area contributed by atoms with Crippen molar-refractivity contribution in [1.29, 1.82) is 0 Å². The Balaban J connectivity index is 1.92. The van der Waals surface area contributed by atoms with Gasteiger partial charge < -0.3 is 5.32 Å². The molecular formula is C14H19NO. The van der Waals surface area contributed by atoms with E-state index in [-0.39, 0.29) is 5.91 Å². The summed E-state index contributed by atoms with van der Waals surface area (Å²) in [6.45, 7) is 2.19. The second kappa shape index (κ2) is 5.15. The first kappa shape index (κ1) is 11.2. The molecule has 1 aliphatic carbocycles. The molecule has 0 saturated heterocycles. The number of rotatable bonds is 5. The second-order valence-corrected chi connectivity index (χ2v) is 4.55. The molecule has 86 valence electrons. The monoisotopic (exact) mass is 217 g/mol. The Morgan fingerprint density at radius 2 is 2.00 bits per heavy atom. The molecule has 1 saturated carbocycles. The highest BCUT2D eigenvalue weighted by Crippen LogP contribution is 2.19. The van der Waals surface area contributed by atoms with Crippen LogP contribution in [0.2, 0.25) is 0 Å². The number of amides is 1. The number of hydrogen-bond acceptors (Lipinski definition) is 1. The van der Waals surface area contributed by atoms with Crippen LogP contribution in [-0.4, -0.2) is 11.9 Å². The quantitative estimate of drug-likeness (QED) is 0.807. The molecule has 0 unspecified atom stereocenters. The molecule has 0 spiro atoms. The number of hydrogen-bond donors (Lipinski definition) is 1. The van der Waals surface area contributed by atoms with Crippen LogP contribution in [0.5, 0.6) is 0 Å². The standard InChI is InChI=1S/C14H19NO/c1-2-3-4-11-5-7-12(8-6-11)14(16)15-13-9-10-13/h5-8,13H,2-4,9-10H2,1H3,(H,15,16). The molecule has 0 heterocycles. The van der Waals surface area contributed by atoms with Gasteiger partial charge in [-0.15, -0.1) is 0 Å². The molecule has 0 bridgehead atoms. The molecule has 0 radical (unpaired) electrons. The Labute approximate surface area is 97.1 Å². The number of benzene rings is 1. The van der Waals surface area contributed by atoms with Crippen LogP contribution in [0.15, 0.2) is 24.3 Å². The summed E-state index contributed by atoms with van der Waals surface area (Å²) in [4.78, 5) is 11.7. The van der Waals surface area contributed by atoms with Crippen molar-refractivity contribution in [2.75, 3.05) is 0 Å². The SMILES string of the molecule is CCCCc1ccc(C(=O)NC2CC2)cc1. The van der Waals surface area contributed by atoms with Crippen LogP contribution in [0.3, 0.4) is 0 Å². The molecule has 1 aliphatic rings. The minimum Gasteiger partial charge on any atom is -0.349 e. The summed E-state index contributed by atoms with van der Waals surface area (Å²) >= 11 is 0. The van der Waals surface area contributed by atoms with Gasteiger partial charge in [0, 0.05) is 11.6 Å². The largest absolute Gasteiger partial charge is 0.349 e. The number of nitrogens with one attached hydrogen (secondary N) is 1. The summed E-state index contributed by atoms with van der Waals surface area (Å²) in [5, 5.41) is 2.99. The maximum absolute atomic E-state index is 11.7. The predicted octanol–water partition coefficient (Wildman–Crippen LogP) is 2.92. The van der Waals surface area contributed by atoms with Crippen molar-refractivity contribution in [1.82, 2.24) is 5.32 Å². The molecule has 0 atom stereocenters. The lowest BCUT2D eigenvalue weighted by Gasteiger charge is -2.04. The van der Waals surface area contributed by atoms with Crippen LogP contribution in [-0.2, 0) is 6.42 Å². The normalized spacial score (nSPS) is 14.8. The smallest absolute Gasteiger partial charge is 0.251 e. The van der Waals surface area contributed by atoms with E-state index >= 15 is 0 Å². The van der Waals surface area contributed by atoms with Gasteiger partial charge in [-0.25, -0.2) is 0 Å². The van der Waals surface area contributed by atoms with Crippen LogP contribution in [0.1, 0.15) is 48.5 Å². The van der Waals surface area contributed by atoms with Gasteiger partial charge in [-0.2, -0.15) is 0 Å². The molecular weight excluding hydrogens is 198 g/mol. The summed E-state index contributed by atoms with van der Waals surface area (Å²) < 4.78 is 0. The maximum Gasteiger partial charge on any atom is 0.251 e. The summed E-state index contributed by atoms with van der Waals surface area (Å²) in [5.41, 5.74) is 2.11. The first-order valence-corrected chi connectivity index (χ1v) is 6.19. The van der Waals surface area contributed by atoms with Gasteiger partial charge in [0.05, 0.1) is 0 Å². The second-order valence-electron chi connectivity index (χ2n) is 4.55. The average molecular weight is 217 g/mol. The third-order valence-corrected chi connectivity index (χ3v) is 2.95. The van der Waals surface area contributed by atoms with E-state index in [0.717, 1.165) is 24.8 Å². The van der Waals surface area contributed by atoms with E-state index in [9.17, 15) is 4.79 Å². The molecule has 1 fully saturated rings. The summed E-state index contributed by atoms with van der Waals surface area (Å²) in [7, 11) is 0. The fourth-order valence-electron chi connectivity index (χ4n) is 1.70. The molecule has 1 aromatic carbocycles. The van der Waals surface area contributed by atoms with Crippen molar-refractivity contribution < 1.29 is 4.79 Å². The van der Waals surface area contributed by atoms with Gasteiger partial charge in [0.25, 0.3) is 5.91 Å². The van der Waals surface area contributed by atoms with Gasteiger partial charge in [-0.3, -0.25) is 4.79 Å². The Kier molecular flexibility index (Phi) is 3.60. The Bertz CT molecular complexity index is 352. The minimum absolute atomic E-state index is 0.0736. The van der Waals surface area contributed by atoms with E-state index in [0.29, 0.717) is 6.04 Å². The van der Waals surface area contributed by atoms with Crippen molar-refractivity contribution in [3.63, 3.8) is 0 Å². The fourth-order valence-corrected chi connectivity index (χ4v) is 1.70. The first-order chi connectivity index (χ1) is 7.79. The van der Waals surface area contributed by atoms with Crippen LogP contribution < -0.4 is 5.32 Å². The maximum atomic E-state index is 11.7. The third-order valence-electron chi connectivity index (χ3n) is 2.95. The van der Waals surface area contributed by atoms with Crippen LogP contribution in [0.4, 0.5) is 0 Å². The van der Waals surface area contributed by atoms with Crippen molar-refractivity contribution in [3.8, 4) is 0 Å². The molecule has 0 aromatic heterocycles. The van der Waals surface area contributed by atoms with Gasteiger partial charge in [0.1, 0.15) is 0 Å². The van der Waals surface area contributed by atoms with Crippen LogP contribution in [0, 0.1) is 0 Å². The van der Waals surface area contributed by atoms with Gasteiger partial charge >= 0.3 is 0 Å². The van der Waals surface area contributed by atoms with E-state index in [1.165, 1.54) is 18.4 Å². The topological polar surface area (TPSA) is 29.1 Å². The number of unbranched alkanes of at least 4 members (excludes halogenated alkanes) is 1. The van der Waals surface area contributed by atoms with Crippen molar-refractivity contribution in [2.45, 2.75) is 45.1 Å². The molecule has 2 nitrogen and oxygen atoms in total. The predicted molar refractivity (Wildman–Crippen MR) is 65.5 cm³/mol. The first-order valence-electron chi connectivity index (χ1n) is 6.19. The van der Waals surface area contributed by atoms with E-state index < -0.39 is 0 Å². The molecule has 1 amide bonds. The number of carbonyl (C=O) groups is 1. The molecule has 16 heavy (non-hydrogen) atoms.